The summed E-state index contributed by atoms with van der Waals surface area (Å²) >= 11 is 7.27. The van der Waals surface area contributed by atoms with Gasteiger partial charge in [-0.2, -0.15) is 0 Å². The minimum Gasteiger partial charge on any atom is -0.497 e. The number of ether oxygens (including phenoxy) is 1. The van der Waals surface area contributed by atoms with Crippen LogP contribution in [-0.4, -0.2) is 51.5 Å². The number of β-lactam (4-membered cyclic amide) rings is 1. The van der Waals surface area contributed by atoms with Crippen molar-refractivity contribution >= 4 is 35.2 Å². The second-order valence-corrected chi connectivity index (χ2v) is 7.13. The highest BCUT2D eigenvalue weighted by atomic mass is 35.5. The average molecular weight is 369 g/mol. The lowest BCUT2D eigenvalue weighted by Crippen LogP contribution is -2.78. The van der Waals surface area contributed by atoms with Crippen molar-refractivity contribution in [2.75, 3.05) is 18.7 Å². The number of benzene rings is 1. The molecule has 1 aromatic rings. The molecule has 2 atom stereocenters. The van der Waals surface area contributed by atoms with E-state index in [1.165, 1.54) is 16.7 Å². The maximum Gasteiger partial charge on any atom is 0.352 e. The first-order chi connectivity index (χ1) is 11.4. The second kappa shape index (κ2) is 6.31. The van der Waals surface area contributed by atoms with Crippen molar-refractivity contribution in [2.45, 2.75) is 17.3 Å². The molecule has 0 spiro atoms. The fourth-order valence-electron chi connectivity index (χ4n) is 3.06. The number of rotatable bonds is 5. The van der Waals surface area contributed by atoms with E-state index in [1.807, 2.05) is 24.3 Å². The number of aliphatic carboxylic acids is 1. The molecule has 6 nitrogen and oxygen atoms in total. The lowest BCUT2D eigenvalue weighted by atomic mass is 9.81. The Morgan fingerprint density at radius 2 is 2.17 bits per heavy atom. The van der Waals surface area contributed by atoms with Crippen LogP contribution in [0.25, 0.3) is 0 Å². The Morgan fingerprint density at radius 1 is 1.50 bits per heavy atom. The van der Waals surface area contributed by atoms with E-state index in [0.717, 1.165) is 11.3 Å². The Labute approximate surface area is 148 Å². The maximum atomic E-state index is 12.6. The molecule has 3 rings (SSSR count). The van der Waals surface area contributed by atoms with Gasteiger partial charge >= 0.3 is 5.97 Å². The molecule has 24 heavy (non-hydrogen) atoms. The number of amides is 1. The van der Waals surface area contributed by atoms with Gasteiger partial charge in [-0.25, -0.2) is 4.79 Å². The van der Waals surface area contributed by atoms with E-state index in [2.05, 4.69) is 0 Å². The number of hydrogen-bond acceptors (Lipinski definition) is 5. The van der Waals surface area contributed by atoms with Gasteiger partial charge in [0.25, 0.3) is 5.91 Å². The van der Waals surface area contributed by atoms with E-state index in [9.17, 15) is 14.7 Å². The second-order valence-electron chi connectivity index (χ2n) is 5.79. The van der Waals surface area contributed by atoms with Gasteiger partial charge in [0.05, 0.1) is 7.11 Å². The van der Waals surface area contributed by atoms with Crippen LogP contribution in [0.4, 0.5) is 0 Å². The number of carboxylic acids is 1. The molecular formula is C16H17ClN2O4S. The number of carbonyl (C=O) groups excluding carboxylic acids is 1. The first-order valence-corrected chi connectivity index (χ1v) is 8.89. The first-order valence-electron chi connectivity index (χ1n) is 7.30. The standard InChI is InChI=1S/C16H17ClN2O4S/c1-23-11-4-2-9(3-5-11)6-16(18)14(22)19-12(13(20)21)10(7-17)8-24-15(16)19/h2-5,15H,6-8,18H2,1H3,(H,20,21)/t15-,16+/m0/s1. The van der Waals surface area contributed by atoms with Crippen LogP contribution in [0.15, 0.2) is 35.5 Å². The molecule has 128 valence electrons. The molecule has 0 unspecified atom stereocenters. The van der Waals surface area contributed by atoms with Crippen LogP contribution in [0.5, 0.6) is 5.75 Å². The van der Waals surface area contributed by atoms with Crippen molar-refractivity contribution in [1.82, 2.24) is 4.90 Å². The number of fused-ring (bicyclic) bond motifs is 1. The summed E-state index contributed by atoms with van der Waals surface area (Å²) in [6, 6.07) is 7.33. The number of thioether (sulfide) groups is 1. The number of nitrogens with zero attached hydrogens (tertiary/aromatic N) is 1. The smallest absolute Gasteiger partial charge is 0.352 e. The number of nitrogens with two attached hydrogens (primary N) is 1. The van der Waals surface area contributed by atoms with E-state index in [1.54, 1.807) is 7.11 Å². The summed E-state index contributed by atoms with van der Waals surface area (Å²) in [5, 5.41) is 9.02. The summed E-state index contributed by atoms with van der Waals surface area (Å²) < 4.78 is 5.12. The number of halogens is 1. The average Bonchev–Trinajstić information content (AvgIpc) is 2.60. The number of carboxylic acid groups (broad SMARTS) is 1. The van der Waals surface area contributed by atoms with Crippen molar-refractivity contribution < 1.29 is 19.4 Å². The minimum absolute atomic E-state index is 0.0189. The van der Waals surface area contributed by atoms with E-state index < -0.39 is 16.9 Å². The first kappa shape index (κ1) is 17.1. The summed E-state index contributed by atoms with van der Waals surface area (Å²) in [4.78, 5) is 25.4. The van der Waals surface area contributed by atoms with E-state index in [0.29, 0.717) is 17.7 Å². The molecule has 0 aliphatic carbocycles. The highest BCUT2D eigenvalue weighted by Gasteiger charge is 2.62. The quantitative estimate of drug-likeness (QED) is 0.603. The Balaban J connectivity index is 1.85. The van der Waals surface area contributed by atoms with E-state index in [4.69, 9.17) is 22.1 Å². The number of hydrogen-bond donors (Lipinski definition) is 2. The molecule has 2 heterocycles. The third-order valence-electron chi connectivity index (χ3n) is 4.30. The molecule has 1 aromatic carbocycles. The molecule has 0 saturated carbocycles. The molecule has 1 amide bonds. The Hall–Kier alpha value is -1.70. The minimum atomic E-state index is -1.14. The van der Waals surface area contributed by atoms with Crippen LogP contribution < -0.4 is 10.5 Å². The zero-order chi connectivity index (χ0) is 17.5. The monoisotopic (exact) mass is 368 g/mol. The normalized spacial score (nSPS) is 26.0. The van der Waals surface area contributed by atoms with Crippen LogP contribution in [0.3, 0.4) is 0 Å². The van der Waals surface area contributed by atoms with Gasteiger partial charge in [-0.1, -0.05) is 12.1 Å². The van der Waals surface area contributed by atoms with Crippen LogP contribution in [0.2, 0.25) is 0 Å². The number of methoxy groups -OCH3 is 1. The number of carbonyl (C=O) groups is 2. The van der Waals surface area contributed by atoms with Crippen molar-refractivity contribution in [1.29, 1.82) is 0 Å². The Kier molecular flexibility index (Phi) is 4.50. The van der Waals surface area contributed by atoms with Gasteiger partial charge in [0.1, 0.15) is 22.4 Å². The predicted molar refractivity (Wildman–Crippen MR) is 92.1 cm³/mol. The predicted octanol–water partition coefficient (Wildman–Crippen LogP) is 1.43. The van der Waals surface area contributed by atoms with Crippen LogP contribution in [0.1, 0.15) is 5.56 Å². The molecule has 2 aliphatic rings. The molecule has 0 bridgehead atoms. The highest BCUT2D eigenvalue weighted by Crippen LogP contribution is 2.46. The summed E-state index contributed by atoms with van der Waals surface area (Å²) in [6.45, 7) is 0. The highest BCUT2D eigenvalue weighted by molar-refractivity contribution is 8.00. The topological polar surface area (TPSA) is 92.9 Å². The third kappa shape index (κ3) is 2.56. The van der Waals surface area contributed by atoms with Gasteiger partial charge in [-0.15, -0.1) is 23.4 Å². The van der Waals surface area contributed by atoms with Crippen LogP contribution >= 0.6 is 23.4 Å². The molecule has 8 heteroatoms. The molecular weight excluding hydrogens is 352 g/mol. The van der Waals surface area contributed by atoms with Gasteiger partial charge in [0.15, 0.2) is 0 Å². The SMILES string of the molecule is COc1ccc(C[C@@]2(N)C(=O)N3C(C(=O)O)=C(CCl)CS[C@H]32)cc1. The Bertz CT molecular complexity index is 721. The molecule has 1 fully saturated rings. The third-order valence-corrected chi connectivity index (χ3v) is 6.09. The van der Waals surface area contributed by atoms with Gasteiger partial charge < -0.3 is 15.6 Å². The Morgan fingerprint density at radius 3 is 2.71 bits per heavy atom. The van der Waals surface area contributed by atoms with Gasteiger partial charge in [0, 0.05) is 18.1 Å². The van der Waals surface area contributed by atoms with Crippen molar-refractivity contribution in [2.24, 2.45) is 5.73 Å². The van der Waals surface area contributed by atoms with Gasteiger partial charge in [0.2, 0.25) is 0 Å². The summed E-state index contributed by atoms with van der Waals surface area (Å²) in [5.74, 6) is -0.255. The van der Waals surface area contributed by atoms with Crippen LogP contribution in [-0.2, 0) is 16.0 Å². The summed E-state index contributed by atoms with van der Waals surface area (Å²) in [5.41, 5.74) is 6.67. The largest absolute Gasteiger partial charge is 0.497 e. The van der Waals surface area contributed by atoms with Crippen molar-refractivity contribution in [3.8, 4) is 5.75 Å². The van der Waals surface area contributed by atoms with Crippen molar-refractivity contribution in [3.63, 3.8) is 0 Å². The van der Waals surface area contributed by atoms with Gasteiger partial charge in [-0.3, -0.25) is 9.69 Å². The zero-order valence-corrected chi connectivity index (χ0v) is 14.6. The molecule has 3 N–H and O–H groups in total. The maximum absolute atomic E-state index is 12.6. The molecule has 0 radical (unpaired) electrons. The van der Waals surface area contributed by atoms with E-state index >= 15 is 0 Å². The lowest BCUT2D eigenvalue weighted by Gasteiger charge is -2.55. The fourth-order valence-corrected chi connectivity index (χ4v) is 4.82. The summed E-state index contributed by atoms with van der Waals surface area (Å²) in [6.07, 6.45) is 0.340. The summed E-state index contributed by atoms with van der Waals surface area (Å²) in [7, 11) is 1.58. The van der Waals surface area contributed by atoms with Crippen molar-refractivity contribution in [3.05, 3.63) is 41.1 Å². The molecule has 1 saturated heterocycles. The van der Waals surface area contributed by atoms with Gasteiger partial charge in [-0.05, 0) is 23.3 Å². The molecule has 0 aromatic heterocycles. The lowest BCUT2D eigenvalue weighted by molar-refractivity contribution is -0.154. The molecule has 2 aliphatic heterocycles. The number of alkyl halides is 1. The zero-order valence-electron chi connectivity index (χ0n) is 13.0. The van der Waals surface area contributed by atoms with E-state index in [-0.39, 0.29) is 17.5 Å². The fraction of sp³-hybridized carbons (Fsp3) is 0.375. The van der Waals surface area contributed by atoms with Crippen LogP contribution in [0, 0.1) is 0 Å².